The standard InChI is InChI=1S/C20H17N3O3/c1-13-9-14-5-2-3-8-18(14)23(13)12-16(11-21)19(24)22-17-7-4-6-15(10-17)20(25)26/h2-8,10,12-13H,9H2,1H3,(H,22,24)(H,25,26)/b16-12-. The van der Waals surface area contributed by atoms with E-state index in [4.69, 9.17) is 5.11 Å². The van der Waals surface area contributed by atoms with Crippen LogP contribution in [-0.4, -0.2) is 23.0 Å². The molecule has 0 fully saturated rings. The normalized spacial score (nSPS) is 15.9. The molecule has 1 heterocycles. The number of carboxylic acids is 1. The van der Waals surface area contributed by atoms with E-state index in [-0.39, 0.29) is 17.2 Å². The van der Waals surface area contributed by atoms with Gasteiger partial charge in [-0.15, -0.1) is 0 Å². The van der Waals surface area contributed by atoms with Crippen LogP contribution in [-0.2, 0) is 11.2 Å². The van der Waals surface area contributed by atoms with Crippen LogP contribution in [0.5, 0.6) is 0 Å². The fraction of sp³-hybridized carbons (Fsp3) is 0.150. The minimum atomic E-state index is -1.08. The maximum atomic E-state index is 12.5. The Morgan fingerprint density at radius 3 is 2.77 bits per heavy atom. The number of nitrogens with one attached hydrogen (secondary N) is 1. The summed E-state index contributed by atoms with van der Waals surface area (Å²) in [6, 6.07) is 15.8. The van der Waals surface area contributed by atoms with Crippen LogP contribution >= 0.6 is 0 Å². The monoisotopic (exact) mass is 347 g/mol. The topological polar surface area (TPSA) is 93.4 Å². The largest absolute Gasteiger partial charge is 0.478 e. The van der Waals surface area contributed by atoms with Gasteiger partial charge in [0.1, 0.15) is 11.6 Å². The number of nitrogens with zero attached hydrogens (tertiary/aromatic N) is 2. The van der Waals surface area contributed by atoms with Crippen LogP contribution in [0.15, 0.2) is 60.3 Å². The number of hydrogen-bond donors (Lipinski definition) is 2. The Morgan fingerprint density at radius 1 is 1.27 bits per heavy atom. The Bertz CT molecular complexity index is 943. The van der Waals surface area contributed by atoms with Crippen molar-refractivity contribution in [2.45, 2.75) is 19.4 Å². The minimum Gasteiger partial charge on any atom is -0.478 e. The van der Waals surface area contributed by atoms with Crippen molar-refractivity contribution in [1.29, 1.82) is 5.26 Å². The van der Waals surface area contributed by atoms with Gasteiger partial charge in [0.15, 0.2) is 0 Å². The van der Waals surface area contributed by atoms with Crippen LogP contribution in [0.25, 0.3) is 0 Å². The van der Waals surface area contributed by atoms with E-state index in [1.54, 1.807) is 12.3 Å². The fourth-order valence-electron chi connectivity index (χ4n) is 2.99. The van der Waals surface area contributed by atoms with E-state index in [1.807, 2.05) is 42.2 Å². The third kappa shape index (κ3) is 3.42. The lowest BCUT2D eigenvalue weighted by molar-refractivity contribution is -0.112. The van der Waals surface area contributed by atoms with Gasteiger partial charge in [-0.2, -0.15) is 5.26 Å². The quantitative estimate of drug-likeness (QED) is 0.654. The molecule has 1 unspecified atom stereocenters. The molecule has 26 heavy (non-hydrogen) atoms. The molecule has 2 N–H and O–H groups in total. The second-order valence-corrected chi connectivity index (χ2v) is 6.08. The Balaban J connectivity index is 1.84. The number of hydrogen-bond acceptors (Lipinski definition) is 4. The number of anilines is 2. The van der Waals surface area contributed by atoms with Gasteiger partial charge in [-0.05, 0) is 43.2 Å². The second-order valence-electron chi connectivity index (χ2n) is 6.08. The van der Waals surface area contributed by atoms with E-state index in [9.17, 15) is 14.9 Å². The van der Waals surface area contributed by atoms with Crippen molar-refractivity contribution in [1.82, 2.24) is 0 Å². The molecule has 0 spiro atoms. The maximum Gasteiger partial charge on any atom is 0.335 e. The predicted molar refractivity (Wildman–Crippen MR) is 97.8 cm³/mol. The summed E-state index contributed by atoms with van der Waals surface area (Å²) in [7, 11) is 0. The number of benzene rings is 2. The first-order valence-electron chi connectivity index (χ1n) is 8.12. The Kier molecular flexibility index (Phi) is 4.72. The SMILES string of the molecule is CC1Cc2ccccc2N1/C=C(/C#N)C(=O)Nc1cccc(C(=O)O)c1. The molecule has 0 aliphatic carbocycles. The highest BCUT2D eigenvalue weighted by molar-refractivity contribution is 6.07. The van der Waals surface area contributed by atoms with E-state index < -0.39 is 11.9 Å². The van der Waals surface area contributed by atoms with E-state index in [2.05, 4.69) is 5.32 Å². The Labute approximate surface area is 151 Å². The van der Waals surface area contributed by atoms with E-state index in [1.165, 1.54) is 23.8 Å². The molecule has 6 heteroatoms. The van der Waals surface area contributed by atoms with Gasteiger partial charge in [-0.25, -0.2) is 4.79 Å². The zero-order chi connectivity index (χ0) is 18.7. The van der Waals surface area contributed by atoms with Gasteiger partial charge in [-0.1, -0.05) is 24.3 Å². The molecular formula is C20H17N3O3. The molecule has 6 nitrogen and oxygen atoms in total. The molecule has 130 valence electrons. The zero-order valence-electron chi connectivity index (χ0n) is 14.1. The maximum absolute atomic E-state index is 12.5. The third-order valence-corrected chi connectivity index (χ3v) is 4.26. The lowest BCUT2D eigenvalue weighted by atomic mass is 10.1. The fourth-order valence-corrected chi connectivity index (χ4v) is 2.99. The molecule has 1 aliphatic heterocycles. The van der Waals surface area contributed by atoms with Gasteiger partial charge in [0, 0.05) is 23.6 Å². The van der Waals surface area contributed by atoms with Crippen molar-refractivity contribution in [3.8, 4) is 6.07 Å². The third-order valence-electron chi connectivity index (χ3n) is 4.26. The van der Waals surface area contributed by atoms with Crippen molar-refractivity contribution < 1.29 is 14.7 Å². The number of nitriles is 1. The highest BCUT2D eigenvalue weighted by Crippen LogP contribution is 2.32. The zero-order valence-corrected chi connectivity index (χ0v) is 14.1. The number of carboxylic acid groups (broad SMARTS) is 1. The van der Waals surface area contributed by atoms with E-state index >= 15 is 0 Å². The first kappa shape index (κ1) is 17.2. The molecular weight excluding hydrogens is 330 g/mol. The van der Waals surface area contributed by atoms with Crippen LogP contribution < -0.4 is 10.2 Å². The lowest BCUT2D eigenvalue weighted by Gasteiger charge is -2.20. The first-order valence-corrected chi connectivity index (χ1v) is 8.12. The summed E-state index contributed by atoms with van der Waals surface area (Å²) >= 11 is 0. The smallest absolute Gasteiger partial charge is 0.335 e. The number of rotatable bonds is 4. The number of fused-ring (bicyclic) bond motifs is 1. The molecule has 2 aromatic rings. The highest BCUT2D eigenvalue weighted by atomic mass is 16.4. The number of amides is 1. The molecule has 1 aliphatic rings. The molecule has 0 bridgehead atoms. The summed E-state index contributed by atoms with van der Waals surface area (Å²) in [4.78, 5) is 25.4. The first-order chi connectivity index (χ1) is 12.5. The van der Waals surface area contributed by atoms with Crippen LogP contribution in [0.3, 0.4) is 0 Å². The van der Waals surface area contributed by atoms with Crippen LogP contribution in [0.4, 0.5) is 11.4 Å². The number of para-hydroxylation sites is 1. The van der Waals surface area contributed by atoms with Gasteiger partial charge in [0.2, 0.25) is 0 Å². The number of carbonyl (C=O) groups is 2. The summed E-state index contributed by atoms with van der Waals surface area (Å²) < 4.78 is 0. The summed E-state index contributed by atoms with van der Waals surface area (Å²) in [6.07, 6.45) is 2.39. The van der Waals surface area contributed by atoms with Gasteiger partial charge in [-0.3, -0.25) is 4.79 Å². The molecule has 1 atom stereocenters. The van der Waals surface area contributed by atoms with Crippen molar-refractivity contribution in [2.24, 2.45) is 0 Å². The van der Waals surface area contributed by atoms with Gasteiger partial charge < -0.3 is 15.3 Å². The minimum absolute atomic E-state index is 0.0470. The average Bonchev–Trinajstić information content (AvgIpc) is 2.94. The Morgan fingerprint density at radius 2 is 2.04 bits per heavy atom. The van der Waals surface area contributed by atoms with E-state index in [0.717, 1.165) is 12.1 Å². The van der Waals surface area contributed by atoms with Crippen molar-refractivity contribution in [2.75, 3.05) is 10.2 Å². The van der Waals surface area contributed by atoms with Gasteiger partial charge in [0.05, 0.1) is 5.56 Å². The van der Waals surface area contributed by atoms with Crippen molar-refractivity contribution >= 4 is 23.3 Å². The number of carbonyl (C=O) groups excluding carboxylic acids is 1. The molecule has 0 saturated carbocycles. The summed E-state index contributed by atoms with van der Waals surface area (Å²) in [5.41, 5.74) is 2.49. The lowest BCUT2D eigenvalue weighted by Crippen LogP contribution is -2.25. The molecule has 0 saturated heterocycles. The van der Waals surface area contributed by atoms with E-state index in [0.29, 0.717) is 5.69 Å². The molecule has 1 amide bonds. The number of aromatic carboxylic acids is 1. The van der Waals surface area contributed by atoms with Crippen LogP contribution in [0.2, 0.25) is 0 Å². The highest BCUT2D eigenvalue weighted by Gasteiger charge is 2.25. The Hall–Kier alpha value is -3.59. The summed E-state index contributed by atoms with van der Waals surface area (Å²) in [5, 5.41) is 21.0. The van der Waals surface area contributed by atoms with Crippen LogP contribution in [0.1, 0.15) is 22.8 Å². The van der Waals surface area contributed by atoms with Crippen molar-refractivity contribution in [3.63, 3.8) is 0 Å². The molecule has 0 aromatic heterocycles. The molecule has 0 radical (unpaired) electrons. The summed E-state index contributed by atoms with van der Waals surface area (Å²) in [6.45, 7) is 2.03. The van der Waals surface area contributed by atoms with Crippen LogP contribution in [0, 0.1) is 11.3 Å². The molecule has 2 aromatic carbocycles. The van der Waals surface area contributed by atoms with Gasteiger partial charge in [0.25, 0.3) is 5.91 Å². The van der Waals surface area contributed by atoms with Gasteiger partial charge >= 0.3 is 5.97 Å². The summed E-state index contributed by atoms with van der Waals surface area (Å²) in [5.74, 6) is -1.66. The average molecular weight is 347 g/mol. The predicted octanol–water partition coefficient (Wildman–Crippen LogP) is 3.18. The second kappa shape index (κ2) is 7.11. The molecule has 3 rings (SSSR count). The van der Waals surface area contributed by atoms with Crippen molar-refractivity contribution in [3.05, 3.63) is 71.4 Å².